The second kappa shape index (κ2) is 7.34. The molecule has 0 spiro atoms. The second-order valence-electron chi connectivity index (χ2n) is 6.30. The molecule has 0 aliphatic carbocycles. The number of aromatic nitrogens is 1. The van der Waals surface area contributed by atoms with Crippen LogP contribution in [0.1, 0.15) is 54.1 Å². The molecule has 0 aliphatic heterocycles. The normalized spacial score (nSPS) is 10.8. The van der Waals surface area contributed by atoms with E-state index in [4.69, 9.17) is 0 Å². The van der Waals surface area contributed by atoms with Crippen LogP contribution in [0.2, 0.25) is 0 Å². The van der Waals surface area contributed by atoms with Gasteiger partial charge in [0, 0.05) is 42.1 Å². The summed E-state index contributed by atoms with van der Waals surface area (Å²) < 4.78 is 2.26. The van der Waals surface area contributed by atoms with Gasteiger partial charge in [-0.05, 0) is 57.5 Å². The van der Waals surface area contributed by atoms with Gasteiger partial charge in [0.25, 0.3) is 5.91 Å². The maximum absolute atomic E-state index is 12.4. The van der Waals surface area contributed by atoms with Crippen molar-refractivity contribution in [3.8, 4) is 0 Å². The summed E-state index contributed by atoms with van der Waals surface area (Å²) in [6.07, 6.45) is 0. The van der Waals surface area contributed by atoms with Crippen LogP contribution in [-0.4, -0.2) is 16.4 Å². The molecule has 0 fully saturated rings. The molecule has 2 N–H and O–H groups in total. The average Bonchev–Trinajstić information content (AvgIpc) is 2.78. The Morgan fingerprint density at radius 2 is 1.88 bits per heavy atom. The van der Waals surface area contributed by atoms with Crippen LogP contribution in [0.3, 0.4) is 0 Å². The first-order valence-corrected chi connectivity index (χ1v) is 8.12. The molecular weight excluding hydrogens is 302 g/mol. The topological polar surface area (TPSA) is 63.1 Å². The van der Waals surface area contributed by atoms with E-state index in [1.807, 2.05) is 0 Å². The van der Waals surface area contributed by atoms with Crippen LogP contribution < -0.4 is 10.6 Å². The fraction of sp³-hybridized carbons (Fsp3) is 0.368. The van der Waals surface area contributed by atoms with Crippen LogP contribution in [0.5, 0.6) is 0 Å². The molecule has 1 heterocycles. The van der Waals surface area contributed by atoms with Crippen molar-refractivity contribution < 1.29 is 9.59 Å². The van der Waals surface area contributed by atoms with E-state index in [1.54, 1.807) is 24.3 Å². The van der Waals surface area contributed by atoms with Crippen LogP contribution in [-0.2, 0) is 11.3 Å². The standard InChI is InChI=1S/C19H25N3O2/c1-12(2)22-13(3)9-17(14(22)4)11-20-19(24)16-7-6-8-18(10-16)21-15(5)23/h6-10,12H,11H2,1-5H3,(H,20,24)(H,21,23). The lowest BCUT2D eigenvalue weighted by atomic mass is 10.1. The largest absolute Gasteiger partial charge is 0.348 e. The molecule has 24 heavy (non-hydrogen) atoms. The van der Waals surface area contributed by atoms with Crippen molar-refractivity contribution in [2.45, 2.75) is 47.2 Å². The highest BCUT2D eigenvalue weighted by atomic mass is 16.2. The number of nitrogens with one attached hydrogen (secondary N) is 2. The predicted octanol–water partition coefficient (Wildman–Crippen LogP) is 3.57. The van der Waals surface area contributed by atoms with E-state index in [2.05, 4.69) is 49.0 Å². The van der Waals surface area contributed by atoms with Crippen LogP contribution in [0.4, 0.5) is 5.69 Å². The third-order valence-electron chi connectivity index (χ3n) is 3.99. The molecule has 0 atom stereocenters. The number of aryl methyl sites for hydroxylation is 1. The predicted molar refractivity (Wildman–Crippen MR) is 96.2 cm³/mol. The first-order chi connectivity index (χ1) is 11.3. The highest BCUT2D eigenvalue weighted by Crippen LogP contribution is 2.20. The van der Waals surface area contributed by atoms with E-state index in [9.17, 15) is 9.59 Å². The molecule has 5 nitrogen and oxygen atoms in total. The molecule has 5 heteroatoms. The van der Waals surface area contributed by atoms with Crippen molar-refractivity contribution in [2.24, 2.45) is 0 Å². The molecule has 0 saturated heterocycles. The summed E-state index contributed by atoms with van der Waals surface area (Å²) in [4.78, 5) is 23.5. The minimum absolute atomic E-state index is 0.156. The number of nitrogens with zero attached hydrogens (tertiary/aromatic N) is 1. The molecule has 128 valence electrons. The zero-order valence-electron chi connectivity index (χ0n) is 14.9. The van der Waals surface area contributed by atoms with Crippen molar-refractivity contribution >= 4 is 17.5 Å². The quantitative estimate of drug-likeness (QED) is 0.882. The van der Waals surface area contributed by atoms with Gasteiger partial charge in [-0.25, -0.2) is 0 Å². The van der Waals surface area contributed by atoms with E-state index in [0.717, 1.165) is 5.56 Å². The van der Waals surface area contributed by atoms with E-state index < -0.39 is 0 Å². The third-order valence-corrected chi connectivity index (χ3v) is 3.99. The summed E-state index contributed by atoms with van der Waals surface area (Å²) in [5.74, 6) is -0.315. The van der Waals surface area contributed by atoms with Gasteiger partial charge in [-0.3, -0.25) is 9.59 Å². The number of hydrogen-bond acceptors (Lipinski definition) is 2. The third kappa shape index (κ3) is 4.04. The molecule has 0 aliphatic rings. The fourth-order valence-corrected chi connectivity index (χ4v) is 3.04. The lowest BCUT2D eigenvalue weighted by Gasteiger charge is -2.14. The molecule has 1 aromatic carbocycles. The summed E-state index contributed by atoms with van der Waals surface area (Å²) in [5, 5.41) is 5.64. The van der Waals surface area contributed by atoms with Crippen LogP contribution in [0.25, 0.3) is 0 Å². The SMILES string of the molecule is CC(=O)Nc1cccc(C(=O)NCc2cc(C)n(C(C)C)c2C)c1. The molecule has 0 saturated carbocycles. The number of rotatable bonds is 5. The van der Waals surface area contributed by atoms with Crippen molar-refractivity contribution in [3.05, 3.63) is 52.8 Å². The first-order valence-electron chi connectivity index (χ1n) is 8.12. The molecule has 2 aromatic rings. The van der Waals surface area contributed by atoms with Crippen LogP contribution in [0.15, 0.2) is 30.3 Å². The smallest absolute Gasteiger partial charge is 0.251 e. The Kier molecular flexibility index (Phi) is 5.44. The number of amides is 2. The lowest BCUT2D eigenvalue weighted by Crippen LogP contribution is -2.23. The lowest BCUT2D eigenvalue weighted by molar-refractivity contribution is -0.114. The van der Waals surface area contributed by atoms with Gasteiger partial charge in [-0.15, -0.1) is 0 Å². The Morgan fingerprint density at radius 3 is 2.46 bits per heavy atom. The summed E-state index contributed by atoms with van der Waals surface area (Å²) in [6, 6.07) is 9.43. The molecular formula is C19H25N3O2. The zero-order valence-corrected chi connectivity index (χ0v) is 14.9. The minimum atomic E-state index is -0.159. The zero-order chi connectivity index (χ0) is 17.9. The summed E-state index contributed by atoms with van der Waals surface area (Å²) in [5.41, 5.74) is 4.63. The Hall–Kier alpha value is -2.56. The van der Waals surface area contributed by atoms with Crippen LogP contribution in [0, 0.1) is 13.8 Å². The maximum Gasteiger partial charge on any atom is 0.251 e. The molecule has 0 unspecified atom stereocenters. The molecule has 0 radical (unpaired) electrons. The Bertz CT molecular complexity index is 760. The number of anilines is 1. The van der Waals surface area contributed by atoms with E-state index >= 15 is 0 Å². The van der Waals surface area contributed by atoms with Crippen LogP contribution >= 0.6 is 0 Å². The molecule has 0 bridgehead atoms. The number of hydrogen-bond donors (Lipinski definition) is 2. The van der Waals surface area contributed by atoms with Gasteiger partial charge in [-0.1, -0.05) is 6.07 Å². The van der Waals surface area contributed by atoms with Gasteiger partial charge in [0.1, 0.15) is 0 Å². The number of benzene rings is 1. The first kappa shape index (κ1) is 17.8. The van der Waals surface area contributed by atoms with Crippen molar-refractivity contribution in [2.75, 3.05) is 5.32 Å². The van der Waals surface area contributed by atoms with E-state index in [-0.39, 0.29) is 11.8 Å². The molecule has 2 rings (SSSR count). The van der Waals surface area contributed by atoms with Gasteiger partial charge in [0.2, 0.25) is 5.91 Å². The Morgan fingerprint density at radius 1 is 1.17 bits per heavy atom. The average molecular weight is 327 g/mol. The maximum atomic E-state index is 12.4. The van der Waals surface area contributed by atoms with Crippen molar-refractivity contribution in [1.29, 1.82) is 0 Å². The van der Waals surface area contributed by atoms with Gasteiger partial charge < -0.3 is 15.2 Å². The summed E-state index contributed by atoms with van der Waals surface area (Å²) in [6.45, 7) is 10.4. The summed E-state index contributed by atoms with van der Waals surface area (Å²) in [7, 11) is 0. The second-order valence-corrected chi connectivity index (χ2v) is 6.30. The van der Waals surface area contributed by atoms with E-state index in [1.165, 1.54) is 18.3 Å². The highest BCUT2D eigenvalue weighted by Gasteiger charge is 2.13. The summed E-state index contributed by atoms with van der Waals surface area (Å²) >= 11 is 0. The van der Waals surface area contributed by atoms with Crippen molar-refractivity contribution in [1.82, 2.24) is 9.88 Å². The minimum Gasteiger partial charge on any atom is -0.348 e. The molecule has 1 aromatic heterocycles. The highest BCUT2D eigenvalue weighted by molar-refractivity contribution is 5.96. The number of carbonyl (C=O) groups is 2. The van der Waals surface area contributed by atoms with Gasteiger partial charge in [0.15, 0.2) is 0 Å². The number of carbonyl (C=O) groups excluding carboxylic acids is 2. The Balaban J connectivity index is 2.09. The fourth-order valence-electron chi connectivity index (χ4n) is 3.04. The monoisotopic (exact) mass is 327 g/mol. The van der Waals surface area contributed by atoms with Gasteiger partial charge >= 0.3 is 0 Å². The van der Waals surface area contributed by atoms with E-state index in [0.29, 0.717) is 23.8 Å². The van der Waals surface area contributed by atoms with Crippen molar-refractivity contribution in [3.63, 3.8) is 0 Å². The van der Waals surface area contributed by atoms with Gasteiger partial charge in [0.05, 0.1) is 0 Å². The Labute approximate surface area is 143 Å². The van der Waals surface area contributed by atoms with Gasteiger partial charge in [-0.2, -0.15) is 0 Å². The molecule has 2 amide bonds.